The van der Waals surface area contributed by atoms with Gasteiger partial charge in [-0.25, -0.2) is 0 Å². The summed E-state index contributed by atoms with van der Waals surface area (Å²) in [5.74, 6) is -0.347. The monoisotopic (exact) mass is 416 g/mol. The van der Waals surface area contributed by atoms with E-state index in [4.69, 9.17) is 11.6 Å². The van der Waals surface area contributed by atoms with Crippen molar-refractivity contribution < 1.29 is 9.72 Å². The smallest absolute Gasteiger partial charge is 0.270 e. The lowest BCUT2D eigenvalue weighted by atomic mass is 10.2. The van der Waals surface area contributed by atoms with Gasteiger partial charge < -0.3 is 5.32 Å². The largest absolute Gasteiger partial charge is 0.352 e. The zero-order chi connectivity index (χ0) is 19.9. The number of aromatic nitrogens is 2. The number of carbonyl (C=O) groups is 1. The Hall–Kier alpha value is -2.84. The number of aryl methyl sites for hydroxylation is 1. The molecule has 0 aliphatic rings. The fraction of sp³-hybridized carbons (Fsp3) is 0.158. The van der Waals surface area contributed by atoms with Crippen LogP contribution in [0.1, 0.15) is 16.8 Å². The van der Waals surface area contributed by atoms with Crippen molar-refractivity contribution in [2.75, 3.05) is 6.54 Å². The highest BCUT2D eigenvalue weighted by molar-refractivity contribution is 7.99. The Kier molecular flexibility index (Phi) is 6.67. The SMILES string of the molecule is O=C(NCCCn1cccn1)c1cc([N+](=O)[O-])ccc1Sc1ccc(Cl)cc1. The van der Waals surface area contributed by atoms with Crippen molar-refractivity contribution in [1.82, 2.24) is 15.1 Å². The minimum absolute atomic E-state index is 0.123. The molecule has 1 aromatic heterocycles. The molecule has 0 atom stereocenters. The number of non-ortho nitro benzene ring substituents is 1. The topological polar surface area (TPSA) is 90.1 Å². The van der Waals surface area contributed by atoms with Gasteiger partial charge in [-0.3, -0.25) is 19.6 Å². The van der Waals surface area contributed by atoms with Crippen LogP contribution in [0.3, 0.4) is 0 Å². The number of rotatable bonds is 8. The second-order valence-electron chi connectivity index (χ2n) is 5.87. The highest BCUT2D eigenvalue weighted by atomic mass is 35.5. The predicted molar refractivity (Wildman–Crippen MR) is 108 cm³/mol. The quantitative estimate of drug-likeness (QED) is 0.333. The second kappa shape index (κ2) is 9.38. The number of hydrogen-bond donors (Lipinski definition) is 1. The van der Waals surface area contributed by atoms with E-state index in [0.29, 0.717) is 29.4 Å². The molecule has 1 amide bonds. The van der Waals surface area contributed by atoms with Crippen molar-refractivity contribution in [1.29, 1.82) is 0 Å². The standard InChI is InChI=1S/C19H17ClN4O3S/c20-14-3-6-16(7-4-14)28-18-8-5-15(24(26)27)13-17(18)19(25)21-9-1-11-23-12-2-10-22-23/h2-8,10,12-13H,1,9,11H2,(H,21,25). The van der Waals surface area contributed by atoms with Gasteiger partial charge in [-0.05, 0) is 42.8 Å². The fourth-order valence-electron chi connectivity index (χ4n) is 2.50. The van der Waals surface area contributed by atoms with Crippen LogP contribution in [0.2, 0.25) is 5.02 Å². The van der Waals surface area contributed by atoms with Crippen molar-refractivity contribution in [2.45, 2.75) is 22.8 Å². The van der Waals surface area contributed by atoms with Gasteiger partial charge >= 0.3 is 0 Å². The van der Waals surface area contributed by atoms with Crippen LogP contribution in [0, 0.1) is 10.1 Å². The predicted octanol–water partition coefficient (Wildman–Crippen LogP) is 4.42. The first-order chi connectivity index (χ1) is 13.5. The van der Waals surface area contributed by atoms with Crippen LogP contribution in [-0.2, 0) is 6.54 Å². The minimum Gasteiger partial charge on any atom is -0.352 e. The number of nitro benzene ring substituents is 1. The zero-order valence-corrected chi connectivity index (χ0v) is 16.3. The van der Waals surface area contributed by atoms with Crippen molar-refractivity contribution in [3.63, 3.8) is 0 Å². The lowest BCUT2D eigenvalue weighted by molar-refractivity contribution is -0.384. The summed E-state index contributed by atoms with van der Waals surface area (Å²) in [4.78, 5) is 24.8. The number of amides is 1. The third kappa shape index (κ3) is 5.34. The first-order valence-electron chi connectivity index (χ1n) is 8.50. The average Bonchev–Trinajstić information content (AvgIpc) is 3.20. The number of carbonyl (C=O) groups excluding carboxylic acids is 1. The molecular weight excluding hydrogens is 400 g/mol. The van der Waals surface area contributed by atoms with Gasteiger partial charge in [0.25, 0.3) is 11.6 Å². The summed E-state index contributed by atoms with van der Waals surface area (Å²) in [6.45, 7) is 1.11. The summed E-state index contributed by atoms with van der Waals surface area (Å²) < 4.78 is 1.78. The second-order valence-corrected chi connectivity index (χ2v) is 7.42. The molecule has 0 saturated heterocycles. The zero-order valence-electron chi connectivity index (χ0n) is 14.7. The van der Waals surface area contributed by atoms with Gasteiger partial charge in [0.1, 0.15) is 0 Å². The maximum Gasteiger partial charge on any atom is 0.270 e. The van der Waals surface area contributed by atoms with E-state index in [0.717, 1.165) is 4.90 Å². The molecule has 144 valence electrons. The fourth-order valence-corrected chi connectivity index (χ4v) is 3.55. The van der Waals surface area contributed by atoms with Crippen LogP contribution in [0.5, 0.6) is 0 Å². The molecule has 28 heavy (non-hydrogen) atoms. The molecule has 3 rings (SSSR count). The molecule has 0 bridgehead atoms. The Morgan fingerprint density at radius 1 is 1.25 bits per heavy atom. The summed E-state index contributed by atoms with van der Waals surface area (Å²) in [5.41, 5.74) is 0.149. The molecule has 0 radical (unpaired) electrons. The van der Waals surface area contributed by atoms with E-state index in [1.54, 1.807) is 29.1 Å². The molecule has 0 aliphatic heterocycles. The van der Waals surface area contributed by atoms with Crippen molar-refractivity contribution in [3.8, 4) is 0 Å². The minimum atomic E-state index is -0.509. The Bertz CT molecular complexity index is 962. The van der Waals surface area contributed by atoms with E-state index in [1.165, 1.54) is 23.9 Å². The van der Waals surface area contributed by atoms with Gasteiger partial charge in [-0.2, -0.15) is 5.10 Å². The van der Waals surface area contributed by atoms with Crippen molar-refractivity contribution in [3.05, 3.63) is 81.6 Å². The van der Waals surface area contributed by atoms with Gasteiger partial charge in [-0.15, -0.1) is 0 Å². The van der Waals surface area contributed by atoms with Gasteiger partial charge in [0.05, 0.1) is 10.5 Å². The third-order valence-electron chi connectivity index (χ3n) is 3.87. The van der Waals surface area contributed by atoms with Crippen LogP contribution < -0.4 is 5.32 Å². The summed E-state index contributed by atoms with van der Waals surface area (Å²) in [6, 6.07) is 13.3. The lowest BCUT2D eigenvalue weighted by Crippen LogP contribution is -2.26. The lowest BCUT2D eigenvalue weighted by Gasteiger charge is -2.10. The molecule has 1 N–H and O–H groups in total. The molecule has 0 spiro atoms. The highest BCUT2D eigenvalue weighted by Gasteiger charge is 2.17. The highest BCUT2D eigenvalue weighted by Crippen LogP contribution is 2.33. The Morgan fingerprint density at radius 2 is 2.04 bits per heavy atom. The van der Waals surface area contributed by atoms with E-state index < -0.39 is 4.92 Å². The molecule has 0 fully saturated rings. The normalized spacial score (nSPS) is 10.6. The number of benzene rings is 2. The number of hydrogen-bond acceptors (Lipinski definition) is 5. The van der Waals surface area contributed by atoms with Gasteiger partial charge in [0.15, 0.2) is 0 Å². The first kappa shape index (κ1) is 19.9. The van der Waals surface area contributed by atoms with E-state index in [-0.39, 0.29) is 17.2 Å². The van der Waals surface area contributed by atoms with Crippen molar-refractivity contribution >= 4 is 35.0 Å². The summed E-state index contributed by atoms with van der Waals surface area (Å²) in [7, 11) is 0. The number of nitrogens with one attached hydrogen (secondary N) is 1. The number of halogens is 1. The Morgan fingerprint density at radius 3 is 2.71 bits per heavy atom. The van der Waals surface area contributed by atoms with Crippen LogP contribution >= 0.6 is 23.4 Å². The average molecular weight is 417 g/mol. The van der Waals surface area contributed by atoms with Crippen LogP contribution in [0.15, 0.2) is 70.7 Å². The van der Waals surface area contributed by atoms with E-state index >= 15 is 0 Å². The van der Waals surface area contributed by atoms with Crippen LogP contribution in [0.25, 0.3) is 0 Å². The first-order valence-corrected chi connectivity index (χ1v) is 9.70. The van der Waals surface area contributed by atoms with E-state index in [1.807, 2.05) is 24.4 Å². The van der Waals surface area contributed by atoms with Gasteiger partial charge in [-0.1, -0.05) is 23.4 Å². The molecule has 2 aromatic carbocycles. The van der Waals surface area contributed by atoms with E-state index in [9.17, 15) is 14.9 Å². The van der Waals surface area contributed by atoms with Gasteiger partial charge in [0.2, 0.25) is 0 Å². The van der Waals surface area contributed by atoms with E-state index in [2.05, 4.69) is 10.4 Å². The molecule has 9 heteroatoms. The Labute approximate surface area is 170 Å². The summed E-state index contributed by atoms with van der Waals surface area (Å²) >= 11 is 7.26. The third-order valence-corrected chi connectivity index (χ3v) is 5.20. The molecule has 0 unspecified atom stereocenters. The molecular formula is C19H17ClN4O3S. The molecule has 1 heterocycles. The van der Waals surface area contributed by atoms with Gasteiger partial charge in [0, 0.05) is 52.4 Å². The summed E-state index contributed by atoms with van der Waals surface area (Å²) in [5, 5.41) is 18.7. The number of nitrogens with zero attached hydrogens (tertiary/aromatic N) is 3. The maximum atomic E-state index is 12.7. The molecule has 3 aromatic rings. The summed E-state index contributed by atoms with van der Waals surface area (Å²) in [6.07, 6.45) is 4.24. The van der Waals surface area contributed by atoms with Crippen LogP contribution in [-0.4, -0.2) is 27.2 Å². The van der Waals surface area contributed by atoms with Crippen LogP contribution in [0.4, 0.5) is 5.69 Å². The van der Waals surface area contributed by atoms with Crippen molar-refractivity contribution in [2.24, 2.45) is 0 Å². The molecule has 0 aliphatic carbocycles. The number of nitro groups is 1. The molecule has 0 saturated carbocycles. The Balaban J connectivity index is 1.72. The molecule has 7 nitrogen and oxygen atoms in total. The maximum absolute atomic E-state index is 12.7.